The van der Waals surface area contributed by atoms with Gasteiger partial charge in [0.25, 0.3) is 0 Å². The van der Waals surface area contributed by atoms with Crippen LogP contribution in [0.2, 0.25) is 0 Å². The number of alkyl halides is 1. The van der Waals surface area contributed by atoms with Crippen molar-refractivity contribution in [2.75, 3.05) is 0 Å². The molecule has 0 amide bonds. The summed E-state index contributed by atoms with van der Waals surface area (Å²) < 4.78 is 13.1. The Kier molecular flexibility index (Phi) is 3.45. The largest absolute Gasteiger partial charge is 0.292 e. The van der Waals surface area contributed by atoms with E-state index in [0.29, 0.717) is 0 Å². The van der Waals surface area contributed by atoms with Crippen LogP contribution >= 0.6 is 27.5 Å². The number of hydrogen-bond donors (Lipinski definition) is 0. The third-order valence-corrected chi connectivity index (χ3v) is 2.58. The van der Waals surface area contributed by atoms with Crippen LogP contribution in [-0.4, -0.2) is 11.2 Å². The molecule has 0 aliphatic heterocycles. The van der Waals surface area contributed by atoms with Crippen LogP contribution in [-0.2, 0) is 0 Å². The normalized spacial score (nSPS) is 12.6. The zero-order chi connectivity index (χ0) is 10.0. The van der Waals surface area contributed by atoms with Crippen LogP contribution in [0.15, 0.2) is 22.7 Å². The average Bonchev–Trinajstić information content (AvgIpc) is 2.08. The Morgan fingerprint density at radius 2 is 2.23 bits per heavy atom. The van der Waals surface area contributed by atoms with E-state index in [1.807, 2.05) is 0 Å². The second-order valence-corrected chi connectivity index (χ2v) is 4.03. The zero-order valence-corrected chi connectivity index (χ0v) is 9.19. The topological polar surface area (TPSA) is 17.1 Å². The first kappa shape index (κ1) is 10.7. The molecule has 1 aromatic carbocycles. The third-order valence-electron chi connectivity index (χ3n) is 1.58. The molecule has 1 atom stereocenters. The number of carbonyl (C=O) groups is 1. The molecular weight excluding hydrogens is 258 g/mol. The molecule has 1 nitrogen and oxygen atoms in total. The summed E-state index contributed by atoms with van der Waals surface area (Å²) in [7, 11) is 0. The van der Waals surface area contributed by atoms with Crippen LogP contribution in [0.5, 0.6) is 0 Å². The summed E-state index contributed by atoms with van der Waals surface area (Å²) in [5.74, 6) is -0.740. The summed E-state index contributed by atoms with van der Waals surface area (Å²) in [4.78, 5) is 11.4. The van der Waals surface area contributed by atoms with Gasteiger partial charge in [-0.1, -0.05) is 12.1 Å². The minimum absolute atomic E-state index is 0.174. The van der Waals surface area contributed by atoms with Crippen molar-refractivity contribution >= 4 is 33.3 Å². The van der Waals surface area contributed by atoms with E-state index in [1.54, 1.807) is 6.92 Å². The van der Waals surface area contributed by atoms with Crippen molar-refractivity contribution in [3.05, 3.63) is 34.1 Å². The van der Waals surface area contributed by atoms with Crippen LogP contribution < -0.4 is 0 Å². The first-order valence-corrected chi connectivity index (χ1v) is 4.89. The minimum Gasteiger partial charge on any atom is -0.292 e. The quantitative estimate of drug-likeness (QED) is 0.592. The summed E-state index contributed by atoms with van der Waals surface area (Å²) in [5, 5.41) is -0.641. The fraction of sp³-hybridized carbons (Fsp3) is 0.222. The highest BCUT2D eigenvalue weighted by Gasteiger charge is 2.16. The predicted molar refractivity (Wildman–Crippen MR) is 53.7 cm³/mol. The molecule has 0 aliphatic carbocycles. The first-order valence-electron chi connectivity index (χ1n) is 3.66. The van der Waals surface area contributed by atoms with Gasteiger partial charge < -0.3 is 0 Å². The molecule has 0 heterocycles. The second-order valence-electron chi connectivity index (χ2n) is 2.58. The monoisotopic (exact) mass is 264 g/mol. The molecule has 4 heteroatoms. The molecule has 0 aromatic heterocycles. The highest BCUT2D eigenvalue weighted by molar-refractivity contribution is 9.10. The van der Waals surface area contributed by atoms with Gasteiger partial charge in [-0.2, -0.15) is 0 Å². The molecule has 0 fully saturated rings. The van der Waals surface area contributed by atoms with E-state index in [9.17, 15) is 9.18 Å². The molecule has 0 saturated carbocycles. The van der Waals surface area contributed by atoms with Crippen LogP contribution in [0.25, 0.3) is 0 Å². The van der Waals surface area contributed by atoms with Gasteiger partial charge in [-0.05, 0) is 28.9 Å². The fourth-order valence-corrected chi connectivity index (χ4v) is 1.49. The highest BCUT2D eigenvalue weighted by atomic mass is 79.9. The van der Waals surface area contributed by atoms with Gasteiger partial charge in [0.1, 0.15) is 5.82 Å². The number of Topliss-reactive ketones (excluding diaryl/α,β-unsaturated/α-hetero) is 1. The van der Waals surface area contributed by atoms with Gasteiger partial charge in [0.2, 0.25) is 0 Å². The van der Waals surface area contributed by atoms with Gasteiger partial charge >= 0.3 is 0 Å². The van der Waals surface area contributed by atoms with E-state index in [2.05, 4.69) is 15.9 Å². The fourth-order valence-electron chi connectivity index (χ4n) is 0.908. The van der Waals surface area contributed by atoms with Crippen molar-refractivity contribution in [2.24, 2.45) is 0 Å². The number of carbonyl (C=O) groups excluding carboxylic acids is 1. The third kappa shape index (κ3) is 2.29. The molecule has 13 heavy (non-hydrogen) atoms. The van der Waals surface area contributed by atoms with Gasteiger partial charge in [-0.25, -0.2) is 4.39 Å². The Morgan fingerprint density at radius 3 is 2.77 bits per heavy atom. The lowest BCUT2D eigenvalue weighted by Gasteiger charge is -2.05. The molecule has 1 rings (SSSR count). The van der Waals surface area contributed by atoms with E-state index >= 15 is 0 Å². The Hall–Kier alpha value is -0.410. The molecule has 0 spiro atoms. The molecule has 0 saturated heterocycles. The van der Waals surface area contributed by atoms with Crippen molar-refractivity contribution < 1.29 is 9.18 Å². The van der Waals surface area contributed by atoms with E-state index in [1.165, 1.54) is 18.2 Å². The van der Waals surface area contributed by atoms with Crippen molar-refractivity contribution in [1.82, 2.24) is 0 Å². The molecule has 70 valence electrons. The Morgan fingerprint density at radius 1 is 1.62 bits per heavy atom. The molecule has 0 radical (unpaired) electrons. The van der Waals surface area contributed by atoms with Crippen LogP contribution in [0.4, 0.5) is 4.39 Å². The predicted octanol–water partition coefficient (Wildman–Crippen LogP) is 3.40. The SMILES string of the molecule is CC(Cl)C(=O)c1cccc(F)c1Br. The average molecular weight is 266 g/mol. The lowest BCUT2D eigenvalue weighted by molar-refractivity contribution is 0.0990. The molecule has 0 N–H and O–H groups in total. The zero-order valence-electron chi connectivity index (χ0n) is 6.85. The van der Waals surface area contributed by atoms with Crippen molar-refractivity contribution in [2.45, 2.75) is 12.3 Å². The van der Waals surface area contributed by atoms with Crippen LogP contribution in [0.1, 0.15) is 17.3 Å². The van der Waals surface area contributed by atoms with E-state index < -0.39 is 11.2 Å². The van der Waals surface area contributed by atoms with Gasteiger partial charge in [-0.15, -0.1) is 11.6 Å². The van der Waals surface area contributed by atoms with Crippen LogP contribution in [0.3, 0.4) is 0 Å². The summed E-state index contributed by atoms with van der Waals surface area (Å²) in [6.07, 6.45) is 0. The minimum atomic E-state index is -0.641. The summed E-state index contributed by atoms with van der Waals surface area (Å²) in [5.41, 5.74) is 0.280. The second kappa shape index (κ2) is 4.20. The standard InChI is InChI=1S/C9H7BrClFO/c1-5(11)9(13)6-3-2-4-7(12)8(6)10/h2-5H,1H3. The van der Waals surface area contributed by atoms with Gasteiger partial charge in [0.15, 0.2) is 5.78 Å². The maximum Gasteiger partial charge on any atom is 0.181 e. The number of halogens is 3. The maximum absolute atomic E-state index is 13.0. The smallest absolute Gasteiger partial charge is 0.181 e. The Bertz CT molecular complexity index is 338. The lowest BCUT2D eigenvalue weighted by Crippen LogP contribution is -2.11. The van der Waals surface area contributed by atoms with E-state index in [-0.39, 0.29) is 15.8 Å². The molecule has 0 aliphatic rings. The number of hydrogen-bond acceptors (Lipinski definition) is 1. The number of rotatable bonds is 2. The number of benzene rings is 1. The summed E-state index contributed by atoms with van der Waals surface area (Å²) >= 11 is 8.59. The summed E-state index contributed by atoms with van der Waals surface area (Å²) in [6.45, 7) is 1.56. The van der Waals surface area contributed by atoms with Crippen molar-refractivity contribution in [3.63, 3.8) is 0 Å². The molecule has 1 unspecified atom stereocenters. The Labute approximate surface area is 89.0 Å². The highest BCUT2D eigenvalue weighted by Crippen LogP contribution is 2.22. The molecular formula is C9H7BrClFO. The summed E-state index contributed by atoms with van der Waals surface area (Å²) in [6, 6.07) is 4.29. The molecule has 1 aromatic rings. The van der Waals surface area contributed by atoms with E-state index in [0.717, 1.165) is 0 Å². The Balaban J connectivity index is 3.15. The number of ketones is 1. The van der Waals surface area contributed by atoms with Gasteiger partial charge in [-0.3, -0.25) is 4.79 Å². The van der Waals surface area contributed by atoms with E-state index in [4.69, 9.17) is 11.6 Å². The van der Waals surface area contributed by atoms with Gasteiger partial charge in [0.05, 0.1) is 9.85 Å². The molecule has 0 bridgehead atoms. The van der Waals surface area contributed by atoms with Gasteiger partial charge in [0, 0.05) is 5.56 Å². The lowest BCUT2D eigenvalue weighted by atomic mass is 10.1. The first-order chi connectivity index (χ1) is 6.04. The van der Waals surface area contributed by atoms with Crippen molar-refractivity contribution in [3.8, 4) is 0 Å². The van der Waals surface area contributed by atoms with Crippen molar-refractivity contribution in [1.29, 1.82) is 0 Å². The maximum atomic E-state index is 13.0. The van der Waals surface area contributed by atoms with Crippen LogP contribution in [0, 0.1) is 5.82 Å².